The summed E-state index contributed by atoms with van der Waals surface area (Å²) in [5.41, 5.74) is 0. The van der Waals surface area contributed by atoms with Gasteiger partial charge < -0.3 is 9.64 Å². The molecule has 0 spiro atoms. The molecule has 1 aliphatic carbocycles. The molecule has 2 aliphatic heterocycles. The molecule has 3 fully saturated rings. The molecule has 0 aromatic carbocycles. The lowest BCUT2D eigenvalue weighted by Gasteiger charge is -2.39. The number of hydrogen-bond acceptors (Lipinski definition) is 5. The normalized spacial score (nSPS) is 29.5. The standard InChI is InChI=1S/C16H28N2O4S/c19-16(12-17-7-9-22-10-8-17)18(14-4-2-1-3-5-14)15-6-11-23(20,21)13-15/h14-15H,1-13H2/t15-/m0/s1. The summed E-state index contributed by atoms with van der Waals surface area (Å²) in [5.74, 6) is 0.491. The number of nitrogens with zero attached hydrogens (tertiary/aromatic N) is 2. The Hall–Kier alpha value is -0.660. The van der Waals surface area contributed by atoms with E-state index >= 15 is 0 Å². The van der Waals surface area contributed by atoms with Crippen LogP contribution in [-0.4, -0.2) is 80.6 Å². The van der Waals surface area contributed by atoms with Crippen LogP contribution in [0.15, 0.2) is 0 Å². The first kappa shape index (κ1) is 17.2. The van der Waals surface area contributed by atoms with Gasteiger partial charge in [-0.15, -0.1) is 0 Å². The van der Waals surface area contributed by atoms with Gasteiger partial charge in [-0.1, -0.05) is 19.3 Å². The monoisotopic (exact) mass is 344 g/mol. The lowest BCUT2D eigenvalue weighted by Crippen LogP contribution is -2.53. The fourth-order valence-electron chi connectivity index (χ4n) is 4.09. The van der Waals surface area contributed by atoms with Crippen molar-refractivity contribution in [3.05, 3.63) is 0 Å². The molecular formula is C16H28N2O4S. The van der Waals surface area contributed by atoms with Gasteiger partial charge in [-0.3, -0.25) is 9.69 Å². The highest BCUT2D eigenvalue weighted by molar-refractivity contribution is 7.91. The van der Waals surface area contributed by atoms with Gasteiger partial charge in [-0.05, 0) is 19.3 Å². The second kappa shape index (κ2) is 7.49. The van der Waals surface area contributed by atoms with Crippen LogP contribution in [0.5, 0.6) is 0 Å². The molecule has 1 atom stereocenters. The van der Waals surface area contributed by atoms with E-state index in [0.717, 1.165) is 38.8 Å². The molecule has 7 heteroatoms. The van der Waals surface area contributed by atoms with Crippen molar-refractivity contribution in [2.45, 2.75) is 50.6 Å². The first-order chi connectivity index (χ1) is 11.1. The molecule has 132 valence electrons. The van der Waals surface area contributed by atoms with Crippen molar-refractivity contribution in [2.75, 3.05) is 44.4 Å². The van der Waals surface area contributed by atoms with Crippen LogP contribution in [0.3, 0.4) is 0 Å². The lowest BCUT2D eigenvalue weighted by molar-refractivity contribution is -0.138. The maximum atomic E-state index is 13.0. The Morgan fingerprint density at radius 3 is 2.35 bits per heavy atom. The molecule has 3 aliphatic rings. The summed E-state index contributed by atoms with van der Waals surface area (Å²) in [5, 5.41) is 0. The smallest absolute Gasteiger partial charge is 0.237 e. The van der Waals surface area contributed by atoms with Gasteiger partial charge >= 0.3 is 0 Å². The van der Waals surface area contributed by atoms with Crippen molar-refractivity contribution in [2.24, 2.45) is 0 Å². The first-order valence-corrected chi connectivity index (χ1v) is 10.7. The van der Waals surface area contributed by atoms with E-state index in [0.29, 0.717) is 26.2 Å². The summed E-state index contributed by atoms with van der Waals surface area (Å²) in [7, 11) is -2.97. The van der Waals surface area contributed by atoms with E-state index < -0.39 is 9.84 Å². The molecule has 0 radical (unpaired) electrons. The Bertz CT molecular complexity index is 510. The van der Waals surface area contributed by atoms with Crippen LogP contribution in [0, 0.1) is 0 Å². The number of ether oxygens (including phenoxy) is 1. The van der Waals surface area contributed by atoms with Gasteiger partial charge in [0, 0.05) is 25.2 Å². The summed E-state index contributed by atoms with van der Waals surface area (Å²) in [6.45, 7) is 3.32. The number of carbonyl (C=O) groups excluding carboxylic acids is 1. The molecule has 0 unspecified atom stereocenters. The average molecular weight is 344 g/mol. The summed E-state index contributed by atoms with van der Waals surface area (Å²) in [6, 6.07) is 0.118. The molecule has 1 saturated carbocycles. The maximum Gasteiger partial charge on any atom is 0.237 e. The fraction of sp³-hybridized carbons (Fsp3) is 0.938. The highest BCUT2D eigenvalue weighted by Gasteiger charge is 2.38. The van der Waals surface area contributed by atoms with Crippen LogP contribution in [0.2, 0.25) is 0 Å². The molecule has 23 heavy (non-hydrogen) atoms. The van der Waals surface area contributed by atoms with Crippen LogP contribution in [-0.2, 0) is 19.4 Å². The van der Waals surface area contributed by atoms with Crippen molar-refractivity contribution in [3.63, 3.8) is 0 Å². The molecule has 2 heterocycles. The van der Waals surface area contributed by atoms with Gasteiger partial charge in [0.2, 0.25) is 5.91 Å². The third-order valence-electron chi connectivity index (χ3n) is 5.32. The van der Waals surface area contributed by atoms with E-state index in [4.69, 9.17) is 4.74 Å². The van der Waals surface area contributed by atoms with E-state index in [1.54, 1.807) is 0 Å². The van der Waals surface area contributed by atoms with Crippen molar-refractivity contribution in [1.29, 1.82) is 0 Å². The Kier molecular flexibility index (Phi) is 5.59. The predicted molar refractivity (Wildman–Crippen MR) is 88.0 cm³/mol. The quantitative estimate of drug-likeness (QED) is 0.750. The fourth-order valence-corrected chi connectivity index (χ4v) is 5.80. The van der Waals surface area contributed by atoms with Crippen LogP contribution < -0.4 is 0 Å². The maximum absolute atomic E-state index is 13.0. The lowest BCUT2D eigenvalue weighted by atomic mass is 9.92. The topological polar surface area (TPSA) is 66.9 Å². The Balaban J connectivity index is 1.69. The predicted octanol–water partition coefficient (Wildman–Crippen LogP) is 0.667. The van der Waals surface area contributed by atoms with Gasteiger partial charge in [0.1, 0.15) is 0 Å². The number of carbonyl (C=O) groups is 1. The summed E-state index contributed by atoms with van der Waals surface area (Å²) in [4.78, 5) is 17.0. The number of morpholine rings is 1. The highest BCUT2D eigenvalue weighted by Crippen LogP contribution is 2.28. The SMILES string of the molecule is O=C(CN1CCOCC1)N(C1CCCCC1)[C@H]1CCS(=O)(=O)C1. The van der Waals surface area contributed by atoms with Crippen LogP contribution in [0.25, 0.3) is 0 Å². The van der Waals surface area contributed by atoms with Crippen LogP contribution in [0.4, 0.5) is 0 Å². The van der Waals surface area contributed by atoms with E-state index in [1.165, 1.54) is 6.42 Å². The molecule has 0 aromatic rings. The van der Waals surface area contributed by atoms with Gasteiger partial charge in [-0.2, -0.15) is 0 Å². The Morgan fingerprint density at radius 2 is 1.74 bits per heavy atom. The van der Waals surface area contributed by atoms with E-state index in [2.05, 4.69) is 4.90 Å². The zero-order valence-corrected chi connectivity index (χ0v) is 14.6. The number of rotatable bonds is 4. The van der Waals surface area contributed by atoms with Gasteiger partial charge in [0.25, 0.3) is 0 Å². The Labute approximate surface area is 139 Å². The van der Waals surface area contributed by atoms with Gasteiger partial charge in [0.15, 0.2) is 9.84 Å². The van der Waals surface area contributed by atoms with Gasteiger partial charge in [0.05, 0.1) is 31.3 Å². The summed E-state index contributed by atoms with van der Waals surface area (Å²) >= 11 is 0. The summed E-state index contributed by atoms with van der Waals surface area (Å²) < 4.78 is 29.1. The highest BCUT2D eigenvalue weighted by atomic mass is 32.2. The minimum Gasteiger partial charge on any atom is -0.379 e. The van der Waals surface area contributed by atoms with Crippen LogP contribution in [0.1, 0.15) is 38.5 Å². The molecule has 0 bridgehead atoms. The average Bonchev–Trinajstić information content (AvgIpc) is 2.89. The second-order valence-electron chi connectivity index (χ2n) is 7.04. The zero-order chi connectivity index (χ0) is 16.3. The molecule has 0 aromatic heterocycles. The number of amides is 1. The molecule has 1 amide bonds. The summed E-state index contributed by atoms with van der Waals surface area (Å²) in [6.07, 6.45) is 6.16. The minimum absolute atomic E-state index is 0.112. The molecule has 0 N–H and O–H groups in total. The van der Waals surface area contributed by atoms with E-state index in [1.807, 2.05) is 4.90 Å². The van der Waals surface area contributed by atoms with Crippen LogP contribution >= 0.6 is 0 Å². The van der Waals surface area contributed by atoms with Gasteiger partial charge in [-0.25, -0.2) is 8.42 Å². The van der Waals surface area contributed by atoms with Crippen molar-refractivity contribution >= 4 is 15.7 Å². The second-order valence-corrected chi connectivity index (χ2v) is 9.27. The first-order valence-electron chi connectivity index (χ1n) is 8.87. The number of sulfone groups is 1. The molecule has 6 nitrogen and oxygen atoms in total. The third-order valence-corrected chi connectivity index (χ3v) is 7.07. The van der Waals surface area contributed by atoms with Crippen molar-refractivity contribution in [3.8, 4) is 0 Å². The number of hydrogen-bond donors (Lipinski definition) is 0. The Morgan fingerprint density at radius 1 is 1.04 bits per heavy atom. The molecule has 3 rings (SSSR count). The van der Waals surface area contributed by atoms with Crippen molar-refractivity contribution in [1.82, 2.24) is 9.80 Å². The van der Waals surface area contributed by atoms with Crippen molar-refractivity contribution < 1.29 is 17.9 Å². The zero-order valence-electron chi connectivity index (χ0n) is 13.8. The molecule has 2 saturated heterocycles. The largest absolute Gasteiger partial charge is 0.379 e. The third kappa shape index (κ3) is 4.45. The molecular weight excluding hydrogens is 316 g/mol. The minimum atomic E-state index is -2.97. The van der Waals surface area contributed by atoms with E-state index in [-0.39, 0.29) is 29.5 Å². The van der Waals surface area contributed by atoms with E-state index in [9.17, 15) is 13.2 Å².